The van der Waals surface area contributed by atoms with E-state index in [4.69, 9.17) is 53.1 Å². The number of rotatable bonds is 34. The molecule has 46 heteroatoms. The van der Waals surface area contributed by atoms with Crippen molar-refractivity contribution in [2.75, 3.05) is 52.7 Å². The number of aliphatic hydroxyl groups excluding tert-OH is 15. The number of likely N-dealkylation sites (tertiary alicyclic amines) is 2. The molecule has 0 radical (unpaired) electrons. The number of hydrogen-bond acceptors (Lipinski definition) is 36. The molecule has 33 atom stereocenters. The molecular formula is C65H105N9O37. The second-order valence-corrected chi connectivity index (χ2v) is 28.5. The number of ether oxygens (including phenoxy) is 10. The highest BCUT2D eigenvalue weighted by Crippen LogP contribution is 2.40. The van der Waals surface area contributed by atoms with Crippen LogP contribution in [0.4, 0.5) is 0 Å². The van der Waals surface area contributed by atoms with E-state index in [1.165, 1.54) is 18.7 Å². The summed E-state index contributed by atoms with van der Waals surface area (Å²) in [5.41, 5.74) is 5.35. The SMILES string of the molecule is CC(=O)CC(CO)C(=O)NC(C(=O)NC(C)C(=O)N1CCCC1C(=O)N1CCCC1C(=O)NC(C)C(N)=O)C(C)O[C@@H]1OC(CO[C@@H]2OC(CO)[C@H](O[C@@H]3OC(CO)[C@H](O)[C@H](O)C3O)[C@H](O)C2NC(C)=O)[C@H](O)[C@H](O[C@@H]2OC(CO)[C@H](O)[C@H](O[C@]3(C(=O)O)C[C@H](O)[C@@H](NC(C)=O)C([C@H](O)[C@H](O)CO)O3)C2O)C1NC(C)=O. The quantitative estimate of drug-likeness (QED) is 0.0284. The topological polar surface area (TPSA) is 708 Å². The standard InChI is InChI=1S/C65H105N9O37/c1-22(80)14-29(16-75)55(95)72-38(57(97)68-24(3)58(98)74-13-9-11-31(74)59(99)73-12-8-10-30(73)56(96)67-23(2)54(66)94)25(4)103-61-41(71-28(7)83)51(45(89)37(107-61)21-102-60-40(70-27(6)82)46(90)50(36(20-79)106-60)108-62-48(92)47(91)43(87)34(18-77)104-62)109-63-49(93)53(44(88)35(19-78)105-63)111-65(64(100)101)15-32(84)39(69-26(5)81)52(110-65)42(86)33(85)17-76/h23-25,29-53,60-63,75-79,84-93H,8-21H2,1-7H3,(H2,66,94)(H,67,96)(H,68,97)(H,69,81)(H,70,82)(H,71,83)(H,72,95)(H,100,101)/t23?,24?,25?,29?,30?,31?,32-,33+,34?,35?,36?,37?,38?,39+,40?,41?,42+,43-,44-,45-,46+,47-,48?,49?,50-,51+,52?,53-,60+,61+,62-,63-,65-/m0/s1. The van der Waals surface area contributed by atoms with Crippen LogP contribution >= 0.6 is 0 Å². The van der Waals surface area contributed by atoms with Gasteiger partial charge in [0.15, 0.2) is 25.2 Å². The molecule has 7 heterocycles. The van der Waals surface area contributed by atoms with E-state index >= 15 is 4.79 Å². The molecule has 0 aromatic carbocycles. The predicted octanol–water partition coefficient (Wildman–Crippen LogP) is -14.3. The lowest BCUT2D eigenvalue weighted by atomic mass is 9.88. The van der Waals surface area contributed by atoms with Gasteiger partial charge in [-0.25, -0.2) is 4.79 Å². The van der Waals surface area contributed by atoms with E-state index in [2.05, 4.69) is 31.9 Å². The number of amides is 9. The summed E-state index contributed by atoms with van der Waals surface area (Å²) in [6.07, 6.45) is -49.8. The first-order valence-corrected chi connectivity index (χ1v) is 36.0. The lowest BCUT2D eigenvalue weighted by Gasteiger charge is -2.51. The average Bonchev–Trinajstić information content (AvgIpc) is 1.18. The number of aliphatic carboxylic acids is 1. The molecule has 7 rings (SSSR count). The van der Waals surface area contributed by atoms with Crippen LogP contribution in [0.15, 0.2) is 0 Å². The first kappa shape index (κ1) is 91.6. The minimum absolute atomic E-state index is 0.0422. The van der Waals surface area contributed by atoms with Gasteiger partial charge in [0, 0.05) is 46.7 Å². The number of carboxylic acid groups (broad SMARTS) is 1. The van der Waals surface area contributed by atoms with Gasteiger partial charge in [-0.05, 0) is 53.4 Å². The largest absolute Gasteiger partial charge is 0.477 e. The number of hydrogen-bond donors (Lipinski definition) is 23. The Kier molecular flexibility index (Phi) is 33.1. The zero-order chi connectivity index (χ0) is 82.7. The lowest BCUT2D eigenvalue weighted by Crippen LogP contribution is -2.71. The van der Waals surface area contributed by atoms with Crippen molar-refractivity contribution in [1.82, 2.24) is 41.7 Å². The smallest absolute Gasteiger partial charge is 0.364 e. The number of carboxylic acids is 1. The minimum Gasteiger partial charge on any atom is -0.477 e. The van der Waals surface area contributed by atoms with Gasteiger partial charge in [0.25, 0.3) is 5.79 Å². The molecule has 0 aromatic heterocycles. The molecule has 7 saturated heterocycles. The van der Waals surface area contributed by atoms with Crippen LogP contribution in [0.25, 0.3) is 0 Å². The van der Waals surface area contributed by atoms with E-state index in [1.54, 1.807) is 0 Å². The maximum atomic E-state index is 15.0. The Balaban J connectivity index is 1.27. The molecule has 9 amide bonds. The third kappa shape index (κ3) is 21.7. The van der Waals surface area contributed by atoms with Gasteiger partial charge in [-0.15, -0.1) is 0 Å². The summed E-state index contributed by atoms with van der Waals surface area (Å²) in [5.74, 6) is -16.0. The molecule has 0 aromatic rings. The van der Waals surface area contributed by atoms with Gasteiger partial charge in [-0.2, -0.15) is 0 Å². The van der Waals surface area contributed by atoms with Crippen molar-refractivity contribution in [3.63, 3.8) is 0 Å². The van der Waals surface area contributed by atoms with E-state index in [1.807, 2.05) is 0 Å². The summed E-state index contributed by atoms with van der Waals surface area (Å²) in [6.45, 7) is 1.03. The second-order valence-electron chi connectivity index (χ2n) is 28.5. The number of aliphatic hydroxyl groups is 15. The van der Waals surface area contributed by atoms with E-state index in [-0.39, 0.29) is 32.4 Å². The highest BCUT2D eigenvalue weighted by atomic mass is 16.8. The maximum absolute atomic E-state index is 15.0. The molecule has 0 saturated carbocycles. The predicted molar refractivity (Wildman–Crippen MR) is 359 cm³/mol. The van der Waals surface area contributed by atoms with Crippen molar-refractivity contribution >= 4 is 64.9 Å². The molecule has 24 N–H and O–H groups in total. The third-order valence-electron chi connectivity index (χ3n) is 20.2. The molecule has 7 aliphatic heterocycles. The number of carbonyl (C=O) groups excluding carboxylic acids is 10. The van der Waals surface area contributed by atoms with Crippen molar-refractivity contribution in [2.24, 2.45) is 11.7 Å². The summed E-state index contributed by atoms with van der Waals surface area (Å²) >= 11 is 0. The summed E-state index contributed by atoms with van der Waals surface area (Å²) in [4.78, 5) is 150. The lowest BCUT2D eigenvalue weighted by molar-refractivity contribution is -0.383. The Labute approximate surface area is 633 Å². The highest BCUT2D eigenvalue weighted by Gasteiger charge is 2.62. The monoisotopic (exact) mass is 1600 g/mol. The number of ketones is 1. The molecule has 0 bridgehead atoms. The van der Waals surface area contributed by atoms with Gasteiger partial charge in [-0.1, -0.05) is 0 Å². The van der Waals surface area contributed by atoms with Crippen molar-refractivity contribution in [3.05, 3.63) is 0 Å². The minimum atomic E-state index is -3.35. The highest BCUT2D eigenvalue weighted by molar-refractivity contribution is 5.97. The van der Waals surface area contributed by atoms with Gasteiger partial charge in [0.2, 0.25) is 53.2 Å². The maximum Gasteiger partial charge on any atom is 0.364 e. The summed E-state index contributed by atoms with van der Waals surface area (Å²) in [6, 6.07) is -12.7. The number of primary amides is 1. The molecule has 111 heavy (non-hydrogen) atoms. The molecule has 7 fully saturated rings. The van der Waals surface area contributed by atoms with E-state index in [0.29, 0.717) is 6.42 Å². The normalized spacial score (nSPS) is 37.0. The number of nitrogens with one attached hydrogen (secondary N) is 6. The van der Waals surface area contributed by atoms with E-state index in [9.17, 15) is 130 Å². The zero-order valence-corrected chi connectivity index (χ0v) is 61.6. The zero-order valence-electron chi connectivity index (χ0n) is 61.6. The van der Waals surface area contributed by atoms with Crippen LogP contribution in [0.3, 0.4) is 0 Å². The van der Waals surface area contributed by atoms with Gasteiger partial charge in [0.05, 0.1) is 63.8 Å². The van der Waals surface area contributed by atoms with Crippen LogP contribution in [0.1, 0.15) is 87.0 Å². The third-order valence-corrected chi connectivity index (χ3v) is 20.2. The Morgan fingerprint density at radius 2 is 1.10 bits per heavy atom. The number of Topliss-reactive ketones (excluding diaryl/α,β-unsaturated/α-hetero) is 1. The van der Waals surface area contributed by atoms with Crippen molar-refractivity contribution < 1.29 is 182 Å². The Morgan fingerprint density at radius 3 is 1.67 bits per heavy atom. The Bertz CT molecular complexity index is 3230. The Hall–Kier alpha value is -6.63. The molecule has 632 valence electrons. The first-order chi connectivity index (χ1) is 52.2. The molecule has 7 aliphatic rings. The molecule has 46 nitrogen and oxygen atoms in total. The molecule has 0 spiro atoms. The van der Waals surface area contributed by atoms with Gasteiger partial charge < -0.3 is 181 Å². The van der Waals surface area contributed by atoms with Gasteiger partial charge in [0.1, 0.15) is 152 Å². The summed E-state index contributed by atoms with van der Waals surface area (Å²) in [7, 11) is 0. The van der Waals surface area contributed by atoms with Crippen molar-refractivity contribution in [3.8, 4) is 0 Å². The number of nitrogens with two attached hydrogens (primary N) is 1. The Morgan fingerprint density at radius 1 is 0.559 bits per heavy atom. The number of nitrogens with zero attached hydrogens (tertiary/aromatic N) is 2. The van der Waals surface area contributed by atoms with Crippen LogP contribution in [0.5, 0.6) is 0 Å². The fourth-order valence-corrected chi connectivity index (χ4v) is 14.3. The molecular weight excluding hydrogens is 1500 g/mol. The van der Waals surface area contributed by atoms with E-state index < -0.39 is 319 Å². The van der Waals surface area contributed by atoms with Gasteiger partial charge in [-0.3, -0.25) is 43.2 Å². The fourth-order valence-electron chi connectivity index (χ4n) is 14.3. The van der Waals surface area contributed by atoms with Crippen LogP contribution in [-0.2, 0) is 100 Å². The summed E-state index contributed by atoms with van der Waals surface area (Å²) in [5, 5.41) is 190. The van der Waals surface area contributed by atoms with Crippen LogP contribution < -0.4 is 37.6 Å². The number of carbonyl (C=O) groups is 11. The van der Waals surface area contributed by atoms with Crippen molar-refractivity contribution in [2.45, 2.75) is 282 Å². The second kappa shape index (κ2) is 40.1. The van der Waals surface area contributed by atoms with Crippen LogP contribution in [-0.4, -0.2) is 404 Å². The van der Waals surface area contributed by atoms with Crippen molar-refractivity contribution in [1.29, 1.82) is 0 Å². The molecule has 16 unspecified atom stereocenters. The van der Waals surface area contributed by atoms with Crippen LogP contribution in [0, 0.1) is 5.92 Å². The first-order valence-electron chi connectivity index (χ1n) is 36.0. The fraction of sp³-hybridized carbons (Fsp3) is 0.831. The average molecular weight is 1600 g/mol. The van der Waals surface area contributed by atoms with Gasteiger partial charge >= 0.3 is 5.97 Å². The van der Waals surface area contributed by atoms with Crippen LogP contribution in [0.2, 0.25) is 0 Å². The molecule has 0 aliphatic carbocycles. The summed E-state index contributed by atoms with van der Waals surface area (Å²) < 4.78 is 59.8. The van der Waals surface area contributed by atoms with E-state index in [0.717, 1.165) is 39.5 Å².